The van der Waals surface area contributed by atoms with Gasteiger partial charge in [-0.1, -0.05) is 0 Å². The van der Waals surface area contributed by atoms with Crippen LogP contribution in [0.2, 0.25) is 0 Å². The first kappa shape index (κ1) is 13.8. The summed E-state index contributed by atoms with van der Waals surface area (Å²) in [4.78, 5) is 18.8. The summed E-state index contributed by atoms with van der Waals surface area (Å²) in [6.07, 6.45) is 2.12. The van der Waals surface area contributed by atoms with Crippen LogP contribution in [-0.2, 0) is 16.1 Å². The highest BCUT2D eigenvalue weighted by Crippen LogP contribution is 2.24. The van der Waals surface area contributed by atoms with Gasteiger partial charge in [0.25, 0.3) is 5.91 Å². The fourth-order valence-corrected chi connectivity index (χ4v) is 3.34. The molecular weight excluding hydrogens is 276 g/mol. The molecule has 6 nitrogen and oxygen atoms in total. The Kier molecular flexibility index (Phi) is 4.49. The molecular formula is C13H20N4O2S. The van der Waals surface area contributed by atoms with E-state index in [-0.39, 0.29) is 12.0 Å². The van der Waals surface area contributed by atoms with Crippen molar-refractivity contribution in [3.63, 3.8) is 0 Å². The molecule has 2 aliphatic heterocycles. The zero-order valence-corrected chi connectivity index (χ0v) is 12.2. The molecule has 1 amide bonds. The van der Waals surface area contributed by atoms with E-state index in [0.29, 0.717) is 19.7 Å². The van der Waals surface area contributed by atoms with Gasteiger partial charge in [0.2, 0.25) is 0 Å². The van der Waals surface area contributed by atoms with Crippen molar-refractivity contribution < 1.29 is 9.53 Å². The number of ether oxygens (including phenoxy) is 1. The van der Waals surface area contributed by atoms with Crippen LogP contribution >= 0.6 is 11.3 Å². The minimum absolute atomic E-state index is 0.0621. The van der Waals surface area contributed by atoms with Crippen molar-refractivity contribution in [2.24, 2.45) is 0 Å². The van der Waals surface area contributed by atoms with E-state index < -0.39 is 0 Å². The Morgan fingerprint density at radius 3 is 3.15 bits per heavy atom. The van der Waals surface area contributed by atoms with Gasteiger partial charge in [0, 0.05) is 31.6 Å². The molecule has 0 aromatic carbocycles. The molecule has 3 rings (SSSR count). The maximum absolute atomic E-state index is 11.9. The second-order valence-electron chi connectivity index (χ2n) is 5.10. The Labute approximate surface area is 122 Å². The van der Waals surface area contributed by atoms with E-state index >= 15 is 0 Å². The summed E-state index contributed by atoms with van der Waals surface area (Å²) in [7, 11) is 0. The van der Waals surface area contributed by atoms with Gasteiger partial charge in [-0.25, -0.2) is 4.98 Å². The van der Waals surface area contributed by atoms with Crippen LogP contribution in [0.1, 0.15) is 18.5 Å². The average Bonchev–Trinajstić information content (AvgIpc) is 3.16. The predicted octanol–water partition coefficient (Wildman–Crippen LogP) is 0.348. The molecule has 2 N–H and O–H groups in total. The smallest absolute Gasteiger partial charge is 0.250 e. The third-order valence-corrected chi connectivity index (χ3v) is 4.53. The number of hydrogen-bond acceptors (Lipinski definition) is 6. The lowest BCUT2D eigenvalue weighted by Crippen LogP contribution is -2.47. The Bertz CT molecular complexity index is 453. The number of nitrogens with zero attached hydrogens (tertiary/aromatic N) is 2. The van der Waals surface area contributed by atoms with Gasteiger partial charge in [0.15, 0.2) is 5.13 Å². The maximum atomic E-state index is 11.9. The molecule has 0 unspecified atom stereocenters. The van der Waals surface area contributed by atoms with Crippen molar-refractivity contribution in [2.75, 3.05) is 37.7 Å². The van der Waals surface area contributed by atoms with E-state index in [9.17, 15) is 4.79 Å². The van der Waals surface area contributed by atoms with E-state index in [1.165, 1.54) is 12.8 Å². The standard InChI is InChI=1S/C13H20N4O2S/c18-12(11-8-14-3-6-19-11)15-7-10-9-20-13(16-10)17-4-1-2-5-17/h9,11,14H,1-8H2,(H,15,18)/t11-/m0/s1. The minimum atomic E-state index is -0.375. The molecule has 1 atom stereocenters. The average molecular weight is 296 g/mol. The fraction of sp³-hybridized carbons (Fsp3) is 0.692. The number of hydrogen-bond donors (Lipinski definition) is 2. The Hall–Kier alpha value is -1.18. The second kappa shape index (κ2) is 6.51. The molecule has 20 heavy (non-hydrogen) atoms. The molecule has 1 aromatic heterocycles. The van der Waals surface area contributed by atoms with Crippen molar-refractivity contribution in [1.82, 2.24) is 15.6 Å². The summed E-state index contributed by atoms with van der Waals surface area (Å²) in [6, 6.07) is 0. The highest BCUT2D eigenvalue weighted by molar-refractivity contribution is 7.13. The number of morpholine rings is 1. The van der Waals surface area contributed by atoms with Crippen molar-refractivity contribution in [3.8, 4) is 0 Å². The van der Waals surface area contributed by atoms with E-state index in [1.54, 1.807) is 11.3 Å². The van der Waals surface area contributed by atoms with Crippen LogP contribution < -0.4 is 15.5 Å². The number of amides is 1. The van der Waals surface area contributed by atoms with Crippen LogP contribution in [0, 0.1) is 0 Å². The predicted molar refractivity (Wildman–Crippen MR) is 78.0 cm³/mol. The molecule has 0 spiro atoms. The molecule has 0 saturated carbocycles. The van der Waals surface area contributed by atoms with Gasteiger partial charge in [-0.3, -0.25) is 4.79 Å². The topological polar surface area (TPSA) is 66.5 Å². The highest BCUT2D eigenvalue weighted by atomic mass is 32.1. The first-order chi connectivity index (χ1) is 9.83. The SMILES string of the molecule is O=C(NCc1csc(N2CCCC2)n1)[C@@H]1CNCCO1. The van der Waals surface area contributed by atoms with Gasteiger partial charge >= 0.3 is 0 Å². The van der Waals surface area contributed by atoms with Gasteiger partial charge in [0.1, 0.15) is 6.10 Å². The molecule has 2 saturated heterocycles. The third-order valence-electron chi connectivity index (χ3n) is 3.58. The van der Waals surface area contributed by atoms with Crippen LogP contribution in [-0.4, -0.2) is 49.8 Å². The number of aromatic nitrogens is 1. The van der Waals surface area contributed by atoms with Crippen molar-refractivity contribution in [1.29, 1.82) is 0 Å². The summed E-state index contributed by atoms with van der Waals surface area (Å²) in [6.45, 7) is 4.66. The third kappa shape index (κ3) is 3.28. The van der Waals surface area contributed by atoms with Gasteiger partial charge in [-0.15, -0.1) is 11.3 Å². The lowest BCUT2D eigenvalue weighted by molar-refractivity contribution is -0.134. The number of thiazole rings is 1. The van der Waals surface area contributed by atoms with E-state index in [0.717, 1.165) is 30.5 Å². The molecule has 2 fully saturated rings. The van der Waals surface area contributed by atoms with Crippen LogP contribution in [0.25, 0.3) is 0 Å². The first-order valence-electron chi connectivity index (χ1n) is 7.12. The summed E-state index contributed by atoms with van der Waals surface area (Å²) < 4.78 is 5.41. The first-order valence-corrected chi connectivity index (χ1v) is 8.00. The Morgan fingerprint density at radius 1 is 1.55 bits per heavy atom. The molecule has 2 aliphatic rings. The number of nitrogens with one attached hydrogen (secondary N) is 2. The molecule has 1 aromatic rings. The van der Waals surface area contributed by atoms with Gasteiger partial charge in [-0.2, -0.15) is 0 Å². The lowest BCUT2D eigenvalue weighted by Gasteiger charge is -2.22. The quantitative estimate of drug-likeness (QED) is 0.839. The van der Waals surface area contributed by atoms with Gasteiger partial charge in [-0.05, 0) is 12.8 Å². The van der Waals surface area contributed by atoms with Crippen molar-refractivity contribution >= 4 is 22.4 Å². The molecule has 0 bridgehead atoms. The van der Waals surface area contributed by atoms with E-state index in [4.69, 9.17) is 4.74 Å². The minimum Gasteiger partial charge on any atom is -0.366 e. The van der Waals surface area contributed by atoms with Crippen molar-refractivity contribution in [3.05, 3.63) is 11.1 Å². The molecule has 0 radical (unpaired) electrons. The fourth-order valence-electron chi connectivity index (χ4n) is 2.46. The highest BCUT2D eigenvalue weighted by Gasteiger charge is 2.21. The summed E-state index contributed by atoms with van der Waals surface area (Å²) in [5.41, 5.74) is 0.925. The zero-order chi connectivity index (χ0) is 13.8. The summed E-state index contributed by atoms with van der Waals surface area (Å²) >= 11 is 1.65. The Balaban J connectivity index is 1.49. The largest absolute Gasteiger partial charge is 0.366 e. The maximum Gasteiger partial charge on any atom is 0.250 e. The van der Waals surface area contributed by atoms with Gasteiger partial charge in [0.05, 0.1) is 18.8 Å². The number of rotatable bonds is 4. The monoisotopic (exact) mass is 296 g/mol. The van der Waals surface area contributed by atoms with Crippen LogP contribution in [0.5, 0.6) is 0 Å². The van der Waals surface area contributed by atoms with Crippen LogP contribution in [0.15, 0.2) is 5.38 Å². The molecule has 110 valence electrons. The number of carbonyl (C=O) groups excluding carboxylic acids is 1. The van der Waals surface area contributed by atoms with Crippen LogP contribution in [0.3, 0.4) is 0 Å². The second-order valence-corrected chi connectivity index (χ2v) is 5.93. The van der Waals surface area contributed by atoms with Crippen LogP contribution in [0.4, 0.5) is 5.13 Å². The zero-order valence-electron chi connectivity index (χ0n) is 11.4. The number of anilines is 1. The van der Waals surface area contributed by atoms with Crippen molar-refractivity contribution in [2.45, 2.75) is 25.5 Å². The lowest BCUT2D eigenvalue weighted by atomic mass is 10.3. The normalized spacial score (nSPS) is 23.0. The molecule has 3 heterocycles. The Morgan fingerprint density at radius 2 is 2.40 bits per heavy atom. The summed E-state index contributed by atoms with van der Waals surface area (Å²) in [5.74, 6) is -0.0621. The molecule has 0 aliphatic carbocycles. The van der Waals surface area contributed by atoms with E-state index in [1.807, 2.05) is 5.38 Å². The molecule has 7 heteroatoms. The van der Waals surface area contributed by atoms with E-state index in [2.05, 4.69) is 20.5 Å². The summed E-state index contributed by atoms with van der Waals surface area (Å²) in [5, 5.41) is 9.14. The van der Waals surface area contributed by atoms with Gasteiger partial charge < -0.3 is 20.3 Å². The number of carbonyl (C=O) groups is 1.